The minimum absolute atomic E-state index is 0.721. The third-order valence-corrected chi connectivity index (χ3v) is 3.29. The highest BCUT2D eigenvalue weighted by atomic mass is 16.5. The molecule has 0 radical (unpaired) electrons. The van der Waals surface area contributed by atoms with E-state index in [1.165, 1.54) is 6.42 Å². The van der Waals surface area contributed by atoms with Gasteiger partial charge in [0.1, 0.15) is 11.5 Å². The Morgan fingerprint density at radius 3 is 2.62 bits per heavy atom. The van der Waals surface area contributed by atoms with Crippen LogP contribution in [0.1, 0.15) is 25.3 Å². The molecule has 0 aromatic heterocycles. The van der Waals surface area contributed by atoms with Crippen molar-refractivity contribution in [1.82, 2.24) is 10.2 Å². The van der Waals surface area contributed by atoms with E-state index in [-0.39, 0.29) is 0 Å². The van der Waals surface area contributed by atoms with Crippen molar-refractivity contribution >= 4 is 5.96 Å². The maximum atomic E-state index is 5.43. The summed E-state index contributed by atoms with van der Waals surface area (Å²) >= 11 is 0. The summed E-state index contributed by atoms with van der Waals surface area (Å²) in [6, 6.07) is 5.86. The van der Waals surface area contributed by atoms with Crippen LogP contribution in [0.5, 0.6) is 11.5 Å². The standard InChI is InChI=1S/C16H27N3O2/c1-6-7-10-18-16(17-2)19(3)12-13-8-9-14(20-4)11-15(13)21-5/h8-9,11H,6-7,10,12H2,1-5H3,(H,17,18). The zero-order valence-electron chi connectivity index (χ0n) is 13.8. The molecule has 0 spiro atoms. The second-order valence-corrected chi connectivity index (χ2v) is 4.86. The molecule has 1 rings (SSSR count). The van der Waals surface area contributed by atoms with Crippen molar-refractivity contribution in [3.05, 3.63) is 23.8 Å². The fourth-order valence-electron chi connectivity index (χ4n) is 2.07. The summed E-state index contributed by atoms with van der Waals surface area (Å²) in [5, 5.41) is 3.36. The van der Waals surface area contributed by atoms with Gasteiger partial charge >= 0.3 is 0 Å². The van der Waals surface area contributed by atoms with Crippen LogP contribution in [-0.2, 0) is 6.54 Å². The number of nitrogens with one attached hydrogen (secondary N) is 1. The first-order chi connectivity index (χ1) is 10.2. The van der Waals surface area contributed by atoms with E-state index in [1.807, 2.05) is 25.2 Å². The lowest BCUT2D eigenvalue weighted by molar-refractivity contribution is 0.382. The molecule has 118 valence electrons. The molecule has 0 heterocycles. The highest BCUT2D eigenvalue weighted by Crippen LogP contribution is 2.25. The molecule has 0 bridgehead atoms. The molecule has 1 N–H and O–H groups in total. The Hall–Kier alpha value is -1.91. The van der Waals surface area contributed by atoms with Crippen molar-refractivity contribution in [2.24, 2.45) is 4.99 Å². The first-order valence-corrected chi connectivity index (χ1v) is 7.28. The lowest BCUT2D eigenvalue weighted by Crippen LogP contribution is -2.38. The number of rotatable bonds is 7. The molecular weight excluding hydrogens is 266 g/mol. The summed E-state index contributed by atoms with van der Waals surface area (Å²) in [6.45, 7) is 3.84. The molecule has 0 aliphatic carbocycles. The van der Waals surface area contributed by atoms with Gasteiger partial charge in [-0.2, -0.15) is 0 Å². The highest BCUT2D eigenvalue weighted by Gasteiger charge is 2.10. The molecule has 0 atom stereocenters. The van der Waals surface area contributed by atoms with Gasteiger partial charge in [-0.3, -0.25) is 4.99 Å². The van der Waals surface area contributed by atoms with E-state index in [4.69, 9.17) is 9.47 Å². The van der Waals surface area contributed by atoms with Crippen LogP contribution in [0.4, 0.5) is 0 Å². The summed E-state index contributed by atoms with van der Waals surface area (Å²) in [4.78, 5) is 6.39. The lowest BCUT2D eigenvalue weighted by Gasteiger charge is -2.23. The van der Waals surface area contributed by atoms with Gasteiger partial charge in [0.2, 0.25) is 0 Å². The molecular formula is C16H27N3O2. The van der Waals surface area contributed by atoms with Gasteiger partial charge in [-0.05, 0) is 18.6 Å². The number of hydrogen-bond donors (Lipinski definition) is 1. The van der Waals surface area contributed by atoms with Gasteiger partial charge in [0.25, 0.3) is 0 Å². The summed E-state index contributed by atoms with van der Waals surface area (Å²) in [5.41, 5.74) is 1.10. The quantitative estimate of drug-likeness (QED) is 0.477. The van der Waals surface area contributed by atoms with Gasteiger partial charge in [0.05, 0.1) is 14.2 Å². The molecule has 1 aromatic rings. The van der Waals surface area contributed by atoms with E-state index in [9.17, 15) is 0 Å². The minimum Gasteiger partial charge on any atom is -0.497 e. The Balaban J connectivity index is 2.74. The van der Waals surface area contributed by atoms with E-state index in [0.717, 1.165) is 42.5 Å². The minimum atomic E-state index is 0.721. The molecule has 21 heavy (non-hydrogen) atoms. The van der Waals surface area contributed by atoms with Gasteiger partial charge in [0.15, 0.2) is 5.96 Å². The van der Waals surface area contributed by atoms with E-state index >= 15 is 0 Å². The average Bonchev–Trinajstić information content (AvgIpc) is 2.51. The van der Waals surface area contributed by atoms with E-state index in [2.05, 4.69) is 22.1 Å². The maximum Gasteiger partial charge on any atom is 0.193 e. The molecule has 0 saturated carbocycles. The third-order valence-electron chi connectivity index (χ3n) is 3.29. The fraction of sp³-hybridized carbons (Fsp3) is 0.562. The third kappa shape index (κ3) is 5.17. The zero-order chi connectivity index (χ0) is 15.7. The average molecular weight is 293 g/mol. The van der Waals surface area contributed by atoms with Crippen LogP contribution >= 0.6 is 0 Å². The van der Waals surface area contributed by atoms with E-state index in [0.29, 0.717) is 0 Å². The first-order valence-electron chi connectivity index (χ1n) is 7.28. The molecule has 0 fully saturated rings. The number of guanidine groups is 1. The van der Waals surface area contributed by atoms with Crippen molar-refractivity contribution in [3.63, 3.8) is 0 Å². The van der Waals surface area contributed by atoms with Crippen molar-refractivity contribution < 1.29 is 9.47 Å². The number of ether oxygens (including phenoxy) is 2. The molecule has 0 aliphatic rings. The van der Waals surface area contributed by atoms with Crippen LogP contribution in [0.15, 0.2) is 23.2 Å². The maximum absolute atomic E-state index is 5.43. The Morgan fingerprint density at radius 2 is 2.05 bits per heavy atom. The molecule has 0 amide bonds. The van der Waals surface area contributed by atoms with Crippen LogP contribution in [0.3, 0.4) is 0 Å². The van der Waals surface area contributed by atoms with Gasteiger partial charge in [-0.15, -0.1) is 0 Å². The summed E-state index contributed by atoms with van der Waals surface area (Å²) in [5.74, 6) is 2.51. The molecule has 1 aromatic carbocycles. The second-order valence-electron chi connectivity index (χ2n) is 4.86. The highest BCUT2D eigenvalue weighted by molar-refractivity contribution is 5.79. The largest absolute Gasteiger partial charge is 0.497 e. The first kappa shape index (κ1) is 17.1. The van der Waals surface area contributed by atoms with Crippen molar-refractivity contribution in [2.45, 2.75) is 26.3 Å². The fourth-order valence-corrected chi connectivity index (χ4v) is 2.07. The zero-order valence-corrected chi connectivity index (χ0v) is 13.8. The second kappa shape index (κ2) is 9.10. The Morgan fingerprint density at radius 1 is 1.29 bits per heavy atom. The predicted octanol–water partition coefficient (Wildman–Crippen LogP) is 2.51. The summed E-state index contributed by atoms with van der Waals surface area (Å²) in [6.07, 6.45) is 2.30. The predicted molar refractivity (Wildman–Crippen MR) is 87.3 cm³/mol. The van der Waals surface area contributed by atoms with Crippen LogP contribution in [-0.4, -0.2) is 45.7 Å². The Labute approximate surface area is 128 Å². The monoisotopic (exact) mass is 293 g/mol. The van der Waals surface area contributed by atoms with Crippen LogP contribution < -0.4 is 14.8 Å². The number of unbranched alkanes of at least 4 members (excludes halogenated alkanes) is 1. The molecule has 5 heteroatoms. The topological polar surface area (TPSA) is 46.1 Å². The Bertz CT molecular complexity index is 461. The van der Waals surface area contributed by atoms with Crippen molar-refractivity contribution in [3.8, 4) is 11.5 Å². The van der Waals surface area contributed by atoms with Crippen molar-refractivity contribution in [2.75, 3.05) is 34.9 Å². The molecule has 0 aliphatic heterocycles. The van der Waals surface area contributed by atoms with Gasteiger partial charge < -0.3 is 19.7 Å². The van der Waals surface area contributed by atoms with Gasteiger partial charge in [0, 0.05) is 38.8 Å². The lowest BCUT2D eigenvalue weighted by atomic mass is 10.2. The van der Waals surface area contributed by atoms with Crippen molar-refractivity contribution in [1.29, 1.82) is 0 Å². The number of methoxy groups -OCH3 is 2. The molecule has 0 saturated heterocycles. The van der Waals surface area contributed by atoms with Crippen LogP contribution in [0.2, 0.25) is 0 Å². The number of benzene rings is 1. The summed E-state index contributed by atoms with van der Waals surface area (Å²) < 4.78 is 10.7. The van der Waals surface area contributed by atoms with Crippen LogP contribution in [0.25, 0.3) is 0 Å². The normalized spacial score (nSPS) is 11.2. The summed E-state index contributed by atoms with van der Waals surface area (Å²) in [7, 11) is 7.15. The number of nitrogens with zero attached hydrogens (tertiary/aromatic N) is 2. The van der Waals surface area contributed by atoms with Crippen LogP contribution in [0, 0.1) is 0 Å². The number of hydrogen-bond acceptors (Lipinski definition) is 3. The number of aliphatic imine (C=N–C) groups is 1. The van der Waals surface area contributed by atoms with E-state index in [1.54, 1.807) is 21.3 Å². The smallest absolute Gasteiger partial charge is 0.193 e. The molecule has 0 unspecified atom stereocenters. The van der Waals surface area contributed by atoms with Gasteiger partial charge in [-0.25, -0.2) is 0 Å². The van der Waals surface area contributed by atoms with Gasteiger partial charge in [-0.1, -0.05) is 13.3 Å². The van der Waals surface area contributed by atoms with E-state index < -0.39 is 0 Å². The SMILES string of the molecule is CCCCNC(=NC)N(C)Cc1ccc(OC)cc1OC. The Kier molecular flexibility index (Phi) is 7.43. The molecule has 5 nitrogen and oxygen atoms in total.